The minimum atomic E-state index is -0.165. The molecule has 1 aliphatic rings. The van der Waals surface area contributed by atoms with E-state index in [1.807, 2.05) is 0 Å². The summed E-state index contributed by atoms with van der Waals surface area (Å²) in [6.07, 6.45) is 6.19. The summed E-state index contributed by atoms with van der Waals surface area (Å²) >= 11 is 0. The van der Waals surface area contributed by atoms with Crippen molar-refractivity contribution in [3.05, 3.63) is 0 Å². The number of carbonyl (C=O) groups excluding carboxylic acids is 2. The molecule has 0 spiro atoms. The lowest BCUT2D eigenvalue weighted by molar-refractivity contribution is -0.159. The second-order valence-electron chi connectivity index (χ2n) is 8.19. The lowest BCUT2D eigenvalue weighted by atomic mass is 9.79. The normalized spacial score (nSPS) is 20.6. The second-order valence-corrected chi connectivity index (χ2v) is 8.19. The summed E-state index contributed by atoms with van der Waals surface area (Å²) in [5.41, 5.74) is 0.0567. The molecule has 0 aromatic rings. The molecule has 1 rings (SSSR count). The molecule has 1 saturated heterocycles. The number of unbranched alkanes of at least 4 members (excludes halogenated alkanes) is 3. The lowest BCUT2D eigenvalue weighted by Crippen LogP contribution is -2.60. The summed E-state index contributed by atoms with van der Waals surface area (Å²) < 4.78 is 10.3. The third-order valence-electron chi connectivity index (χ3n) is 5.31. The van der Waals surface area contributed by atoms with Gasteiger partial charge in [-0.05, 0) is 47.6 Å². The average molecular weight is 341 g/mol. The number of piperidine rings is 1. The third kappa shape index (κ3) is 6.42. The first kappa shape index (κ1) is 20.9. The van der Waals surface area contributed by atoms with Crippen molar-refractivity contribution in [3.8, 4) is 0 Å². The van der Waals surface area contributed by atoms with Gasteiger partial charge in [-0.25, -0.2) is 0 Å². The predicted octanol–water partition coefficient (Wildman–Crippen LogP) is 3.69. The van der Waals surface area contributed by atoms with Crippen LogP contribution < -0.4 is 0 Å². The Labute approximate surface area is 147 Å². The number of nitrogens with zero attached hydrogens (tertiary/aromatic N) is 1. The predicted molar refractivity (Wildman–Crippen MR) is 94.8 cm³/mol. The van der Waals surface area contributed by atoms with E-state index in [1.165, 1.54) is 7.11 Å². The van der Waals surface area contributed by atoms with E-state index in [2.05, 4.69) is 44.4 Å². The van der Waals surface area contributed by atoms with Crippen LogP contribution in [0.15, 0.2) is 0 Å². The standard InChI is InChI=1S/C19H35NO4/c1-18(2)13-15(14-19(3,4)20(18)5)24-17(22)12-10-8-7-9-11-16(21)23-6/h15H,7-14H2,1-6H3. The van der Waals surface area contributed by atoms with Gasteiger partial charge >= 0.3 is 11.9 Å². The summed E-state index contributed by atoms with van der Waals surface area (Å²) in [6.45, 7) is 8.82. The Hall–Kier alpha value is -1.10. The molecule has 0 aliphatic carbocycles. The molecule has 0 aromatic heterocycles. The van der Waals surface area contributed by atoms with Crippen LogP contribution in [0.3, 0.4) is 0 Å². The molecule has 0 radical (unpaired) electrons. The van der Waals surface area contributed by atoms with Crippen molar-refractivity contribution >= 4 is 11.9 Å². The molecule has 140 valence electrons. The van der Waals surface area contributed by atoms with Crippen LogP contribution in [0.5, 0.6) is 0 Å². The molecule has 1 fully saturated rings. The fourth-order valence-corrected chi connectivity index (χ4v) is 3.60. The van der Waals surface area contributed by atoms with Crippen LogP contribution in [-0.4, -0.2) is 48.2 Å². The van der Waals surface area contributed by atoms with E-state index in [0.29, 0.717) is 12.8 Å². The van der Waals surface area contributed by atoms with Crippen molar-refractivity contribution < 1.29 is 19.1 Å². The minimum Gasteiger partial charge on any atom is -0.469 e. The topological polar surface area (TPSA) is 55.8 Å². The Morgan fingerprint density at radius 1 is 0.917 bits per heavy atom. The quantitative estimate of drug-likeness (QED) is 0.498. The average Bonchev–Trinajstić information content (AvgIpc) is 2.47. The molecule has 0 atom stereocenters. The van der Waals surface area contributed by atoms with Crippen molar-refractivity contribution in [1.82, 2.24) is 4.90 Å². The SMILES string of the molecule is COC(=O)CCCCCCC(=O)OC1CC(C)(C)N(C)C(C)(C)C1. The number of hydrogen-bond donors (Lipinski definition) is 0. The largest absolute Gasteiger partial charge is 0.469 e. The minimum absolute atomic E-state index is 0.00183. The highest BCUT2D eigenvalue weighted by atomic mass is 16.5. The van der Waals surface area contributed by atoms with Crippen molar-refractivity contribution in [2.75, 3.05) is 14.2 Å². The molecule has 0 unspecified atom stereocenters. The highest BCUT2D eigenvalue weighted by molar-refractivity contribution is 5.69. The van der Waals surface area contributed by atoms with Crippen molar-refractivity contribution in [2.45, 2.75) is 96.2 Å². The van der Waals surface area contributed by atoms with Gasteiger partial charge in [0.2, 0.25) is 0 Å². The molecule has 0 amide bonds. The molecule has 0 N–H and O–H groups in total. The number of rotatable bonds is 8. The first-order valence-electron chi connectivity index (χ1n) is 9.09. The summed E-state index contributed by atoms with van der Waals surface area (Å²) in [4.78, 5) is 25.5. The van der Waals surface area contributed by atoms with E-state index < -0.39 is 0 Å². The Bertz CT molecular complexity index is 413. The van der Waals surface area contributed by atoms with Gasteiger partial charge in [0.25, 0.3) is 0 Å². The summed E-state index contributed by atoms with van der Waals surface area (Å²) in [7, 11) is 3.55. The van der Waals surface area contributed by atoms with E-state index in [0.717, 1.165) is 38.5 Å². The fraction of sp³-hybridized carbons (Fsp3) is 0.895. The van der Waals surface area contributed by atoms with E-state index in [9.17, 15) is 9.59 Å². The number of hydrogen-bond acceptors (Lipinski definition) is 5. The van der Waals surface area contributed by atoms with Crippen molar-refractivity contribution in [2.24, 2.45) is 0 Å². The van der Waals surface area contributed by atoms with Crippen molar-refractivity contribution in [1.29, 1.82) is 0 Å². The van der Waals surface area contributed by atoms with Crippen LogP contribution in [0.25, 0.3) is 0 Å². The Morgan fingerprint density at radius 2 is 1.38 bits per heavy atom. The summed E-state index contributed by atoms with van der Waals surface area (Å²) in [5.74, 6) is -0.258. The van der Waals surface area contributed by atoms with Gasteiger partial charge < -0.3 is 9.47 Å². The Balaban J connectivity index is 2.27. The smallest absolute Gasteiger partial charge is 0.306 e. The molecule has 5 nitrogen and oxygen atoms in total. The molecule has 1 heterocycles. The van der Waals surface area contributed by atoms with E-state index in [-0.39, 0.29) is 29.1 Å². The maximum Gasteiger partial charge on any atom is 0.306 e. The molecule has 5 heteroatoms. The summed E-state index contributed by atoms with van der Waals surface area (Å²) in [5, 5.41) is 0. The van der Waals surface area contributed by atoms with Crippen LogP contribution in [0.4, 0.5) is 0 Å². The first-order valence-corrected chi connectivity index (χ1v) is 9.09. The van der Waals surface area contributed by atoms with Gasteiger partial charge in [0.05, 0.1) is 7.11 Å². The Kier molecular flexibility index (Phi) is 7.71. The van der Waals surface area contributed by atoms with Crippen LogP contribution in [0.2, 0.25) is 0 Å². The zero-order valence-corrected chi connectivity index (χ0v) is 16.3. The van der Waals surface area contributed by atoms with E-state index >= 15 is 0 Å². The second kappa shape index (κ2) is 8.84. The zero-order chi connectivity index (χ0) is 18.4. The highest BCUT2D eigenvalue weighted by Crippen LogP contribution is 2.38. The van der Waals surface area contributed by atoms with Gasteiger partial charge in [-0.2, -0.15) is 0 Å². The molecule has 1 aliphatic heterocycles. The lowest BCUT2D eigenvalue weighted by Gasteiger charge is -2.53. The van der Waals surface area contributed by atoms with E-state index in [4.69, 9.17) is 4.74 Å². The number of carbonyl (C=O) groups is 2. The third-order valence-corrected chi connectivity index (χ3v) is 5.31. The number of likely N-dealkylation sites (tertiary alicyclic amines) is 1. The van der Waals surface area contributed by atoms with Crippen LogP contribution in [-0.2, 0) is 19.1 Å². The van der Waals surface area contributed by atoms with Crippen LogP contribution in [0.1, 0.15) is 79.1 Å². The fourth-order valence-electron chi connectivity index (χ4n) is 3.60. The van der Waals surface area contributed by atoms with Gasteiger partial charge in [0.1, 0.15) is 6.10 Å². The van der Waals surface area contributed by atoms with Gasteiger partial charge in [-0.15, -0.1) is 0 Å². The molecular weight excluding hydrogens is 306 g/mol. The van der Waals surface area contributed by atoms with E-state index in [1.54, 1.807) is 0 Å². The molecule has 0 aromatic carbocycles. The highest BCUT2D eigenvalue weighted by Gasteiger charge is 2.44. The maximum absolute atomic E-state index is 12.1. The van der Waals surface area contributed by atoms with Crippen molar-refractivity contribution in [3.63, 3.8) is 0 Å². The molecular formula is C19H35NO4. The molecule has 24 heavy (non-hydrogen) atoms. The van der Waals surface area contributed by atoms with Gasteiger partial charge in [0.15, 0.2) is 0 Å². The number of methoxy groups -OCH3 is 1. The molecule has 0 bridgehead atoms. The maximum atomic E-state index is 12.1. The van der Waals surface area contributed by atoms with Crippen LogP contribution >= 0.6 is 0 Å². The monoisotopic (exact) mass is 341 g/mol. The number of esters is 2. The van der Waals surface area contributed by atoms with Gasteiger partial charge in [-0.3, -0.25) is 14.5 Å². The number of ether oxygens (including phenoxy) is 2. The molecule has 0 saturated carbocycles. The first-order chi connectivity index (χ1) is 11.1. The van der Waals surface area contributed by atoms with Gasteiger partial charge in [0, 0.05) is 36.8 Å². The zero-order valence-electron chi connectivity index (χ0n) is 16.3. The van der Waals surface area contributed by atoms with Crippen LogP contribution in [0, 0.1) is 0 Å². The summed E-state index contributed by atoms with van der Waals surface area (Å²) in [6, 6.07) is 0. The Morgan fingerprint density at radius 3 is 1.83 bits per heavy atom. The van der Waals surface area contributed by atoms with Gasteiger partial charge in [-0.1, -0.05) is 12.8 Å².